The lowest BCUT2D eigenvalue weighted by atomic mass is 10.0. The van der Waals surface area contributed by atoms with Crippen LogP contribution in [0.4, 0.5) is 0 Å². The van der Waals surface area contributed by atoms with Crippen LogP contribution in [0, 0.1) is 17.2 Å². The van der Waals surface area contributed by atoms with Gasteiger partial charge in [0.25, 0.3) is 0 Å². The molecule has 0 radical (unpaired) electrons. The first-order chi connectivity index (χ1) is 9.43. The first-order valence-electron chi connectivity index (χ1n) is 6.15. The Kier molecular flexibility index (Phi) is 5.48. The Morgan fingerprint density at radius 1 is 1.30 bits per heavy atom. The summed E-state index contributed by atoms with van der Waals surface area (Å²) in [6.07, 6.45) is 2.84. The Morgan fingerprint density at radius 3 is 2.35 bits per heavy atom. The molecule has 0 spiro atoms. The van der Waals surface area contributed by atoms with E-state index in [4.69, 9.17) is 10.4 Å². The van der Waals surface area contributed by atoms with Crippen LogP contribution in [0.1, 0.15) is 25.0 Å². The number of aliphatic carboxylic acids is 1. The molecule has 20 heavy (non-hydrogen) atoms. The van der Waals surface area contributed by atoms with E-state index < -0.39 is 17.9 Å². The quantitative estimate of drug-likeness (QED) is 0.800. The van der Waals surface area contributed by atoms with Crippen molar-refractivity contribution in [1.82, 2.24) is 5.32 Å². The number of amides is 1. The molecule has 0 saturated carbocycles. The molecule has 2 N–H and O–H groups in total. The van der Waals surface area contributed by atoms with E-state index in [9.17, 15) is 9.59 Å². The van der Waals surface area contributed by atoms with Crippen molar-refractivity contribution in [2.45, 2.75) is 19.9 Å². The van der Waals surface area contributed by atoms with Gasteiger partial charge in [0.05, 0.1) is 11.6 Å². The van der Waals surface area contributed by atoms with Gasteiger partial charge in [0.1, 0.15) is 6.04 Å². The van der Waals surface area contributed by atoms with Crippen molar-refractivity contribution < 1.29 is 14.7 Å². The van der Waals surface area contributed by atoms with Crippen molar-refractivity contribution in [2.75, 3.05) is 0 Å². The number of carboxylic acids is 1. The van der Waals surface area contributed by atoms with Crippen LogP contribution in [-0.2, 0) is 9.59 Å². The number of rotatable bonds is 5. The summed E-state index contributed by atoms with van der Waals surface area (Å²) in [7, 11) is 0. The molecular weight excluding hydrogens is 256 g/mol. The SMILES string of the molecule is CC(C)C(NC(=O)/C=C/c1ccc(C#N)cc1)C(=O)O. The van der Waals surface area contributed by atoms with Crippen LogP contribution in [0.2, 0.25) is 0 Å². The summed E-state index contributed by atoms with van der Waals surface area (Å²) in [6.45, 7) is 3.45. The highest BCUT2D eigenvalue weighted by molar-refractivity contribution is 5.94. The molecule has 1 atom stereocenters. The van der Waals surface area contributed by atoms with Crippen molar-refractivity contribution in [1.29, 1.82) is 5.26 Å². The minimum atomic E-state index is -1.06. The second kappa shape index (κ2) is 7.10. The molecule has 1 rings (SSSR count). The van der Waals surface area contributed by atoms with Crippen LogP contribution in [0.15, 0.2) is 30.3 Å². The average molecular weight is 272 g/mol. The maximum absolute atomic E-state index is 11.6. The first-order valence-corrected chi connectivity index (χ1v) is 6.15. The van der Waals surface area contributed by atoms with E-state index in [1.165, 1.54) is 6.08 Å². The fourth-order valence-electron chi connectivity index (χ4n) is 1.56. The summed E-state index contributed by atoms with van der Waals surface area (Å²) in [5.74, 6) is -1.71. The van der Waals surface area contributed by atoms with E-state index in [0.717, 1.165) is 5.56 Å². The normalized spacial score (nSPS) is 12.1. The second-order valence-electron chi connectivity index (χ2n) is 4.64. The van der Waals surface area contributed by atoms with Crippen molar-refractivity contribution in [3.8, 4) is 6.07 Å². The molecule has 0 aliphatic heterocycles. The van der Waals surface area contributed by atoms with Gasteiger partial charge in [-0.2, -0.15) is 5.26 Å². The van der Waals surface area contributed by atoms with Crippen LogP contribution >= 0.6 is 0 Å². The van der Waals surface area contributed by atoms with Crippen molar-refractivity contribution in [3.63, 3.8) is 0 Å². The number of carbonyl (C=O) groups is 2. The van der Waals surface area contributed by atoms with Gasteiger partial charge in [-0.05, 0) is 29.7 Å². The van der Waals surface area contributed by atoms with Crippen LogP contribution < -0.4 is 5.32 Å². The number of hydrogen-bond donors (Lipinski definition) is 2. The van der Waals surface area contributed by atoms with Crippen molar-refractivity contribution in [3.05, 3.63) is 41.5 Å². The largest absolute Gasteiger partial charge is 0.480 e. The van der Waals surface area contributed by atoms with Gasteiger partial charge in [0.15, 0.2) is 0 Å². The van der Waals surface area contributed by atoms with Crippen molar-refractivity contribution in [2.24, 2.45) is 5.92 Å². The number of nitrogens with zero attached hydrogens (tertiary/aromatic N) is 1. The Morgan fingerprint density at radius 2 is 1.90 bits per heavy atom. The van der Waals surface area contributed by atoms with E-state index in [0.29, 0.717) is 5.56 Å². The lowest BCUT2D eigenvalue weighted by Crippen LogP contribution is -2.43. The van der Waals surface area contributed by atoms with E-state index in [-0.39, 0.29) is 5.92 Å². The monoisotopic (exact) mass is 272 g/mol. The Labute approximate surface area is 117 Å². The average Bonchev–Trinajstić information content (AvgIpc) is 2.42. The second-order valence-corrected chi connectivity index (χ2v) is 4.64. The zero-order chi connectivity index (χ0) is 15.1. The third-order valence-corrected chi connectivity index (χ3v) is 2.70. The van der Waals surface area contributed by atoms with E-state index in [2.05, 4.69) is 5.32 Å². The Bertz CT molecular complexity index is 553. The third kappa shape index (κ3) is 4.58. The van der Waals surface area contributed by atoms with Crippen LogP contribution in [0.25, 0.3) is 6.08 Å². The molecule has 0 aliphatic carbocycles. The summed E-state index contributed by atoms with van der Waals surface area (Å²) >= 11 is 0. The standard InChI is InChI=1S/C15H16N2O3/c1-10(2)14(15(19)20)17-13(18)8-7-11-3-5-12(9-16)6-4-11/h3-8,10,14H,1-2H3,(H,17,18)(H,19,20)/b8-7+. The van der Waals surface area contributed by atoms with Crippen LogP contribution in [0.5, 0.6) is 0 Å². The fraction of sp³-hybridized carbons (Fsp3) is 0.267. The molecule has 5 nitrogen and oxygen atoms in total. The summed E-state index contributed by atoms with van der Waals surface area (Å²) < 4.78 is 0. The summed E-state index contributed by atoms with van der Waals surface area (Å²) in [4.78, 5) is 22.6. The van der Waals surface area contributed by atoms with E-state index >= 15 is 0 Å². The smallest absolute Gasteiger partial charge is 0.326 e. The highest BCUT2D eigenvalue weighted by atomic mass is 16.4. The molecule has 0 saturated heterocycles. The number of nitriles is 1. The zero-order valence-electron chi connectivity index (χ0n) is 11.3. The molecule has 5 heteroatoms. The van der Waals surface area contributed by atoms with Crippen LogP contribution in [0.3, 0.4) is 0 Å². The van der Waals surface area contributed by atoms with Gasteiger partial charge in [-0.15, -0.1) is 0 Å². The van der Waals surface area contributed by atoms with Crippen molar-refractivity contribution >= 4 is 18.0 Å². The molecule has 1 amide bonds. The minimum absolute atomic E-state index is 0.195. The maximum Gasteiger partial charge on any atom is 0.326 e. The number of benzene rings is 1. The molecule has 0 fully saturated rings. The lowest BCUT2D eigenvalue weighted by molar-refractivity contribution is -0.142. The number of nitrogens with one attached hydrogen (secondary N) is 1. The Hall–Kier alpha value is -2.61. The van der Waals surface area contributed by atoms with Gasteiger partial charge in [0, 0.05) is 6.08 Å². The molecule has 0 aliphatic rings. The van der Waals surface area contributed by atoms with Gasteiger partial charge in [-0.1, -0.05) is 26.0 Å². The molecule has 1 aromatic rings. The van der Waals surface area contributed by atoms with Gasteiger partial charge in [-0.25, -0.2) is 4.79 Å². The molecular formula is C15H16N2O3. The number of carbonyl (C=O) groups excluding carboxylic acids is 1. The summed E-state index contributed by atoms with van der Waals surface area (Å²) in [5.41, 5.74) is 1.30. The molecule has 0 heterocycles. The third-order valence-electron chi connectivity index (χ3n) is 2.70. The van der Waals surface area contributed by atoms with Crippen LogP contribution in [-0.4, -0.2) is 23.0 Å². The zero-order valence-corrected chi connectivity index (χ0v) is 11.3. The van der Waals surface area contributed by atoms with E-state index in [1.54, 1.807) is 44.2 Å². The number of hydrogen-bond acceptors (Lipinski definition) is 3. The molecule has 0 bridgehead atoms. The molecule has 1 unspecified atom stereocenters. The lowest BCUT2D eigenvalue weighted by Gasteiger charge is -2.16. The molecule has 104 valence electrons. The maximum atomic E-state index is 11.6. The minimum Gasteiger partial charge on any atom is -0.480 e. The highest BCUT2D eigenvalue weighted by Crippen LogP contribution is 2.06. The predicted octanol–water partition coefficient (Wildman–Crippen LogP) is 1.80. The van der Waals surface area contributed by atoms with Gasteiger partial charge in [0.2, 0.25) is 5.91 Å². The first kappa shape index (κ1) is 15.4. The highest BCUT2D eigenvalue weighted by Gasteiger charge is 2.22. The number of carboxylic acid groups (broad SMARTS) is 1. The Balaban J connectivity index is 2.67. The van der Waals surface area contributed by atoms with Gasteiger partial charge >= 0.3 is 5.97 Å². The summed E-state index contributed by atoms with van der Waals surface area (Å²) in [6, 6.07) is 7.80. The summed E-state index contributed by atoms with van der Waals surface area (Å²) in [5, 5.41) is 20.1. The topological polar surface area (TPSA) is 90.2 Å². The molecule has 1 aromatic carbocycles. The fourth-order valence-corrected chi connectivity index (χ4v) is 1.56. The van der Waals surface area contributed by atoms with E-state index in [1.807, 2.05) is 6.07 Å². The predicted molar refractivity (Wildman–Crippen MR) is 74.6 cm³/mol. The van der Waals surface area contributed by atoms with Gasteiger partial charge in [-0.3, -0.25) is 4.79 Å². The van der Waals surface area contributed by atoms with Gasteiger partial charge < -0.3 is 10.4 Å². The molecule has 0 aromatic heterocycles.